The maximum Gasteiger partial charge on any atom is 0.264 e. The standard InChI is InChI=1S/C14H12Cl3N3O3/c1-2-22-13-6-11(17)18-14(20-13)19-12(21)7-23-10-4-3-8(15)5-9(10)16/h3-6H,2,7H2,1H3,(H,18,19,20,21). The van der Waals surface area contributed by atoms with Crippen molar-refractivity contribution in [1.82, 2.24) is 9.97 Å². The number of ether oxygens (including phenoxy) is 2. The molecule has 0 radical (unpaired) electrons. The van der Waals surface area contributed by atoms with Gasteiger partial charge in [0.25, 0.3) is 5.91 Å². The zero-order chi connectivity index (χ0) is 16.8. The SMILES string of the molecule is CCOc1cc(Cl)nc(NC(=O)COc2ccc(Cl)cc2Cl)n1. The summed E-state index contributed by atoms with van der Waals surface area (Å²) in [7, 11) is 0. The molecule has 0 spiro atoms. The van der Waals surface area contributed by atoms with E-state index in [1.807, 2.05) is 0 Å². The first-order valence-electron chi connectivity index (χ1n) is 6.53. The van der Waals surface area contributed by atoms with Crippen molar-refractivity contribution in [1.29, 1.82) is 0 Å². The molecule has 1 N–H and O–H groups in total. The molecule has 0 bridgehead atoms. The fourth-order valence-corrected chi connectivity index (χ4v) is 2.21. The van der Waals surface area contributed by atoms with Crippen LogP contribution < -0.4 is 14.8 Å². The van der Waals surface area contributed by atoms with Gasteiger partial charge < -0.3 is 9.47 Å². The number of rotatable bonds is 6. The summed E-state index contributed by atoms with van der Waals surface area (Å²) in [4.78, 5) is 19.8. The smallest absolute Gasteiger partial charge is 0.264 e. The highest BCUT2D eigenvalue weighted by Gasteiger charge is 2.10. The molecule has 0 atom stereocenters. The largest absolute Gasteiger partial charge is 0.482 e. The Hall–Kier alpha value is -1.76. The molecule has 2 aromatic rings. The van der Waals surface area contributed by atoms with E-state index in [4.69, 9.17) is 44.3 Å². The average molecular weight is 377 g/mol. The third-order valence-electron chi connectivity index (χ3n) is 2.47. The van der Waals surface area contributed by atoms with Crippen molar-refractivity contribution in [3.8, 4) is 11.6 Å². The second kappa shape index (κ2) is 8.19. The van der Waals surface area contributed by atoms with Crippen molar-refractivity contribution < 1.29 is 14.3 Å². The summed E-state index contributed by atoms with van der Waals surface area (Å²) in [6.07, 6.45) is 0. The number of hydrogen-bond donors (Lipinski definition) is 1. The molecule has 1 amide bonds. The highest BCUT2D eigenvalue weighted by Crippen LogP contribution is 2.27. The Morgan fingerprint density at radius 3 is 2.65 bits per heavy atom. The minimum atomic E-state index is -0.472. The number of carbonyl (C=O) groups excluding carboxylic acids is 1. The molecule has 0 saturated carbocycles. The fraction of sp³-hybridized carbons (Fsp3) is 0.214. The van der Waals surface area contributed by atoms with Crippen molar-refractivity contribution in [3.05, 3.63) is 39.5 Å². The van der Waals surface area contributed by atoms with E-state index in [-0.39, 0.29) is 23.6 Å². The van der Waals surface area contributed by atoms with E-state index in [0.717, 1.165) is 0 Å². The van der Waals surface area contributed by atoms with Crippen LogP contribution in [-0.2, 0) is 4.79 Å². The number of halogens is 3. The van der Waals surface area contributed by atoms with E-state index < -0.39 is 5.91 Å². The van der Waals surface area contributed by atoms with E-state index in [1.54, 1.807) is 19.1 Å². The molecule has 0 aliphatic rings. The topological polar surface area (TPSA) is 73.3 Å². The van der Waals surface area contributed by atoms with Crippen LogP contribution in [0.15, 0.2) is 24.3 Å². The first-order valence-corrected chi connectivity index (χ1v) is 7.66. The fourth-order valence-electron chi connectivity index (χ4n) is 1.57. The Morgan fingerprint density at radius 1 is 1.17 bits per heavy atom. The van der Waals surface area contributed by atoms with E-state index in [9.17, 15) is 4.79 Å². The molecule has 9 heteroatoms. The van der Waals surface area contributed by atoms with Gasteiger partial charge in [-0.1, -0.05) is 34.8 Å². The van der Waals surface area contributed by atoms with Crippen LogP contribution >= 0.6 is 34.8 Å². The van der Waals surface area contributed by atoms with E-state index in [1.165, 1.54) is 12.1 Å². The molecule has 6 nitrogen and oxygen atoms in total. The highest BCUT2D eigenvalue weighted by atomic mass is 35.5. The zero-order valence-corrected chi connectivity index (χ0v) is 14.2. The average Bonchev–Trinajstić information content (AvgIpc) is 2.46. The van der Waals surface area contributed by atoms with Gasteiger partial charge in [0, 0.05) is 11.1 Å². The Balaban J connectivity index is 1.97. The van der Waals surface area contributed by atoms with Gasteiger partial charge in [0.15, 0.2) is 6.61 Å². The predicted molar refractivity (Wildman–Crippen MR) is 88.8 cm³/mol. The summed E-state index contributed by atoms with van der Waals surface area (Å²) in [5.41, 5.74) is 0. The van der Waals surface area contributed by atoms with Crippen LogP contribution in [0.25, 0.3) is 0 Å². The summed E-state index contributed by atoms with van der Waals surface area (Å²) in [6.45, 7) is 1.94. The summed E-state index contributed by atoms with van der Waals surface area (Å²) in [5, 5.41) is 3.40. The number of amides is 1. The molecule has 0 saturated heterocycles. The van der Waals surface area contributed by atoms with Crippen LogP contribution in [-0.4, -0.2) is 29.1 Å². The van der Waals surface area contributed by atoms with Gasteiger partial charge in [-0.05, 0) is 25.1 Å². The molecule has 2 rings (SSSR count). The van der Waals surface area contributed by atoms with Crippen LogP contribution in [0.1, 0.15) is 6.92 Å². The number of aromatic nitrogens is 2. The van der Waals surface area contributed by atoms with Gasteiger partial charge in [-0.2, -0.15) is 4.98 Å². The van der Waals surface area contributed by atoms with Gasteiger partial charge in [0.05, 0.1) is 11.6 Å². The van der Waals surface area contributed by atoms with Gasteiger partial charge in [0.1, 0.15) is 10.9 Å². The Morgan fingerprint density at radius 2 is 1.96 bits per heavy atom. The van der Waals surface area contributed by atoms with Crippen molar-refractivity contribution in [2.45, 2.75) is 6.92 Å². The third kappa shape index (κ3) is 5.42. The van der Waals surface area contributed by atoms with Crippen LogP contribution in [0, 0.1) is 0 Å². The van der Waals surface area contributed by atoms with Crippen molar-refractivity contribution in [2.75, 3.05) is 18.5 Å². The molecular formula is C14H12Cl3N3O3. The Bertz CT molecular complexity index is 713. The molecule has 1 heterocycles. The number of anilines is 1. The summed E-state index contributed by atoms with van der Waals surface area (Å²) in [5.74, 6) is 0.162. The molecule has 0 unspecified atom stereocenters. The second-order valence-electron chi connectivity index (χ2n) is 4.20. The number of nitrogens with zero attached hydrogens (tertiary/aromatic N) is 2. The van der Waals surface area contributed by atoms with Crippen molar-refractivity contribution in [3.63, 3.8) is 0 Å². The quantitative estimate of drug-likeness (QED) is 0.775. The van der Waals surface area contributed by atoms with Crippen LogP contribution in [0.3, 0.4) is 0 Å². The Labute approximate surface area is 147 Å². The molecule has 1 aromatic carbocycles. The minimum Gasteiger partial charge on any atom is -0.482 e. The summed E-state index contributed by atoms with van der Waals surface area (Å²) in [6, 6.07) is 6.14. The monoisotopic (exact) mass is 375 g/mol. The summed E-state index contributed by atoms with van der Waals surface area (Å²) >= 11 is 17.6. The summed E-state index contributed by atoms with van der Waals surface area (Å²) < 4.78 is 10.5. The minimum absolute atomic E-state index is 0.0248. The third-order valence-corrected chi connectivity index (χ3v) is 3.19. The van der Waals surface area contributed by atoms with Gasteiger partial charge in [-0.25, -0.2) is 4.98 Å². The highest BCUT2D eigenvalue weighted by molar-refractivity contribution is 6.35. The second-order valence-corrected chi connectivity index (χ2v) is 5.43. The lowest BCUT2D eigenvalue weighted by molar-refractivity contribution is -0.118. The molecule has 0 fully saturated rings. The lowest BCUT2D eigenvalue weighted by atomic mass is 10.3. The van der Waals surface area contributed by atoms with Gasteiger partial charge in [0.2, 0.25) is 11.8 Å². The number of hydrogen-bond acceptors (Lipinski definition) is 5. The van der Waals surface area contributed by atoms with Gasteiger partial charge in [-0.15, -0.1) is 0 Å². The molecule has 0 aliphatic carbocycles. The van der Waals surface area contributed by atoms with Gasteiger partial charge >= 0.3 is 0 Å². The lowest BCUT2D eigenvalue weighted by Crippen LogP contribution is -2.21. The molecular weight excluding hydrogens is 365 g/mol. The molecule has 23 heavy (non-hydrogen) atoms. The molecule has 1 aromatic heterocycles. The van der Waals surface area contributed by atoms with Crippen molar-refractivity contribution >= 4 is 46.7 Å². The first-order chi connectivity index (χ1) is 11.0. The van der Waals surface area contributed by atoms with E-state index in [2.05, 4.69) is 15.3 Å². The lowest BCUT2D eigenvalue weighted by Gasteiger charge is -2.09. The number of benzene rings is 1. The Kier molecular flexibility index (Phi) is 6.27. The molecule has 0 aliphatic heterocycles. The van der Waals surface area contributed by atoms with Crippen molar-refractivity contribution in [2.24, 2.45) is 0 Å². The zero-order valence-electron chi connectivity index (χ0n) is 12.0. The number of carbonyl (C=O) groups is 1. The maximum absolute atomic E-state index is 11.9. The maximum atomic E-state index is 11.9. The molecule has 122 valence electrons. The van der Waals surface area contributed by atoms with Crippen LogP contribution in [0.2, 0.25) is 15.2 Å². The van der Waals surface area contributed by atoms with Gasteiger partial charge in [-0.3, -0.25) is 10.1 Å². The van der Waals surface area contributed by atoms with Crippen LogP contribution in [0.4, 0.5) is 5.95 Å². The predicted octanol–water partition coefficient (Wildman–Crippen LogP) is 3.85. The van der Waals surface area contributed by atoms with E-state index in [0.29, 0.717) is 22.4 Å². The number of nitrogens with one attached hydrogen (secondary N) is 1. The van der Waals surface area contributed by atoms with Crippen LogP contribution in [0.5, 0.6) is 11.6 Å². The normalized spacial score (nSPS) is 10.3. The van der Waals surface area contributed by atoms with E-state index >= 15 is 0 Å². The first kappa shape index (κ1) is 17.6.